The van der Waals surface area contributed by atoms with E-state index in [1.165, 1.54) is 16.9 Å². The van der Waals surface area contributed by atoms with Gasteiger partial charge < -0.3 is 15.0 Å². The molecule has 0 saturated carbocycles. The number of thiophene rings is 1. The predicted octanol–water partition coefficient (Wildman–Crippen LogP) is 4.73. The van der Waals surface area contributed by atoms with E-state index < -0.39 is 0 Å². The molecule has 1 amide bonds. The SMILES string of the molecule is COCc1ccc(C(=O)N2CCC[C@H](Nc3ccc(C(C)C)cc3)C2)s1. The number of methoxy groups -OCH3 is 1. The van der Waals surface area contributed by atoms with Crippen LogP contribution in [0, 0.1) is 0 Å². The van der Waals surface area contributed by atoms with Gasteiger partial charge in [0.15, 0.2) is 0 Å². The number of carbonyl (C=O) groups is 1. The number of piperidine rings is 1. The molecule has 0 spiro atoms. The van der Waals surface area contributed by atoms with Crippen LogP contribution in [0.5, 0.6) is 0 Å². The Kier molecular flexibility index (Phi) is 6.33. The maximum atomic E-state index is 12.8. The summed E-state index contributed by atoms with van der Waals surface area (Å²) in [5.74, 6) is 0.680. The van der Waals surface area contributed by atoms with Crippen LogP contribution in [0.1, 0.15) is 52.7 Å². The number of nitrogens with one attached hydrogen (secondary N) is 1. The van der Waals surface area contributed by atoms with E-state index in [2.05, 4.69) is 43.4 Å². The molecule has 1 aliphatic heterocycles. The summed E-state index contributed by atoms with van der Waals surface area (Å²) in [6.07, 6.45) is 2.12. The van der Waals surface area contributed by atoms with Crippen molar-refractivity contribution in [2.75, 3.05) is 25.5 Å². The van der Waals surface area contributed by atoms with Gasteiger partial charge in [-0.3, -0.25) is 4.79 Å². The lowest BCUT2D eigenvalue weighted by atomic mass is 10.0. The molecule has 2 aromatic rings. The molecule has 0 unspecified atom stereocenters. The number of amides is 1. The fourth-order valence-electron chi connectivity index (χ4n) is 3.35. The highest BCUT2D eigenvalue weighted by molar-refractivity contribution is 7.14. The van der Waals surface area contributed by atoms with Crippen molar-refractivity contribution in [3.63, 3.8) is 0 Å². The zero-order valence-corrected chi connectivity index (χ0v) is 16.6. The second-order valence-corrected chi connectivity index (χ2v) is 8.38. The first-order chi connectivity index (χ1) is 12.6. The van der Waals surface area contributed by atoms with E-state index >= 15 is 0 Å². The lowest BCUT2D eigenvalue weighted by molar-refractivity contribution is 0.0720. The molecule has 0 radical (unpaired) electrons. The van der Waals surface area contributed by atoms with Crippen LogP contribution in [0.15, 0.2) is 36.4 Å². The lowest BCUT2D eigenvalue weighted by Gasteiger charge is -2.33. The van der Waals surface area contributed by atoms with E-state index in [1.54, 1.807) is 7.11 Å². The van der Waals surface area contributed by atoms with E-state index in [0.717, 1.165) is 41.4 Å². The largest absolute Gasteiger partial charge is 0.381 e. The summed E-state index contributed by atoms with van der Waals surface area (Å²) >= 11 is 1.53. The summed E-state index contributed by atoms with van der Waals surface area (Å²) in [5, 5.41) is 3.60. The second-order valence-electron chi connectivity index (χ2n) is 7.21. The van der Waals surface area contributed by atoms with Crippen molar-refractivity contribution < 1.29 is 9.53 Å². The number of carbonyl (C=O) groups excluding carboxylic acids is 1. The highest BCUT2D eigenvalue weighted by atomic mass is 32.1. The molecule has 1 fully saturated rings. The minimum absolute atomic E-state index is 0.138. The molecule has 140 valence electrons. The topological polar surface area (TPSA) is 41.6 Å². The standard InChI is InChI=1S/C21H28N2O2S/c1-15(2)16-6-8-17(9-7-16)22-18-5-4-12-23(13-18)21(24)20-11-10-19(26-20)14-25-3/h6-11,15,18,22H,4-5,12-14H2,1-3H3/t18-/m0/s1. The van der Waals surface area contributed by atoms with Crippen LogP contribution >= 0.6 is 11.3 Å². The Labute approximate surface area is 160 Å². The zero-order valence-electron chi connectivity index (χ0n) is 15.8. The van der Waals surface area contributed by atoms with Gasteiger partial charge in [-0.15, -0.1) is 11.3 Å². The maximum absolute atomic E-state index is 12.8. The van der Waals surface area contributed by atoms with Gasteiger partial charge in [-0.05, 0) is 48.6 Å². The third kappa shape index (κ3) is 4.65. The Balaban J connectivity index is 1.60. The van der Waals surface area contributed by atoms with Crippen LogP contribution in [0.25, 0.3) is 0 Å². The Morgan fingerprint density at radius 2 is 2.04 bits per heavy atom. The molecular weight excluding hydrogens is 344 g/mol. The normalized spacial score (nSPS) is 17.5. The monoisotopic (exact) mass is 372 g/mol. The molecule has 1 atom stereocenters. The molecule has 0 aliphatic carbocycles. The molecule has 0 bridgehead atoms. The number of benzene rings is 1. The van der Waals surface area contributed by atoms with E-state index in [0.29, 0.717) is 18.6 Å². The Morgan fingerprint density at radius 1 is 1.27 bits per heavy atom. The fourth-order valence-corrected chi connectivity index (χ4v) is 4.30. The molecular formula is C21H28N2O2S. The number of nitrogens with zero attached hydrogens (tertiary/aromatic N) is 1. The Bertz CT molecular complexity index is 724. The molecule has 1 saturated heterocycles. The zero-order chi connectivity index (χ0) is 18.5. The summed E-state index contributed by atoms with van der Waals surface area (Å²) < 4.78 is 5.15. The molecule has 5 heteroatoms. The average Bonchev–Trinajstić information content (AvgIpc) is 3.11. The molecule has 1 aromatic heterocycles. The van der Waals surface area contributed by atoms with Crippen molar-refractivity contribution in [3.8, 4) is 0 Å². The minimum Gasteiger partial charge on any atom is -0.381 e. The maximum Gasteiger partial charge on any atom is 0.263 e. The number of anilines is 1. The summed E-state index contributed by atoms with van der Waals surface area (Å²) in [7, 11) is 1.68. The van der Waals surface area contributed by atoms with Crippen molar-refractivity contribution in [2.24, 2.45) is 0 Å². The number of hydrogen-bond acceptors (Lipinski definition) is 4. The van der Waals surface area contributed by atoms with Gasteiger partial charge in [-0.2, -0.15) is 0 Å². The van der Waals surface area contributed by atoms with Crippen LogP contribution in [0.2, 0.25) is 0 Å². The van der Waals surface area contributed by atoms with Crippen LogP contribution < -0.4 is 5.32 Å². The second kappa shape index (κ2) is 8.69. The van der Waals surface area contributed by atoms with Gasteiger partial charge in [0.1, 0.15) is 0 Å². The number of ether oxygens (including phenoxy) is 1. The van der Waals surface area contributed by atoms with Crippen molar-refractivity contribution in [1.82, 2.24) is 4.90 Å². The molecule has 1 aliphatic rings. The molecule has 1 aromatic carbocycles. The summed E-state index contributed by atoms with van der Waals surface area (Å²) in [5.41, 5.74) is 2.48. The molecule has 1 N–H and O–H groups in total. The number of likely N-dealkylation sites (tertiary alicyclic amines) is 1. The predicted molar refractivity (Wildman–Crippen MR) is 108 cm³/mol. The van der Waals surface area contributed by atoms with E-state index in [1.807, 2.05) is 17.0 Å². The summed E-state index contributed by atoms with van der Waals surface area (Å²) in [4.78, 5) is 16.7. The number of rotatable bonds is 6. The van der Waals surface area contributed by atoms with Gasteiger partial charge in [0.2, 0.25) is 0 Å². The van der Waals surface area contributed by atoms with Gasteiger partial charge in [-0.25, -0.2) is 0 Å². The van der Waals surface area contributed by atoms with E-state index in [9.17, 15) is 4.79 Å². The van der Waals surface area contributed by atoms with Gasteiger partial charge in [-0.1, -0.05) is 26.0 Å². The molecule has 26 heavy (non-hydrogen) atoms. The smallest absolute Gasteiger partial charge is 0.263 e. The van der Waals surface area contributed by atoms with Gasteiger partial charge in [0, 0.05) is 36.8 Å². The summed E-state index contributed by atoms with van der Waals surface area (Å²) in [6, 6.07) is 12.9. The van der Waals surface area contributed by atoms with Crippen LogP contribution in [-0.4, -0.2) is 37.0 Å². The van der Waals surface area contributed by atoms with Crippen molar-refractivity contribution in [2.45, 2.75) is 45.3 Å². The van der Waals surface area contributed by atoms with Crippen molar-refractivity contribution >= 4 is 22.9 Å². The third-order valence-electron chi connectivity index (χ3n) is 4.82. The first kappa shape index (κ1) is 18.9. The third-order valence-corrected chi connectivity index (χ3v) is 5.86. The molecule has 3 rings (SSSR count). The quantitative estimate of drug-likeness (QED) is 0.797. The van der Waals surface area contributed by atoms with Gasteiger partial charge in [0.05, 0.1) is 11.5 Å². The average molecular weight is 373 g/mol. The first-order valence-corrected chi connectivity index (χ1v) is 10.1. The van der Waals surface area contributed by atoms with Crippen LogP contribution in [0.4, 0.5) is 5.69 Å². The van der Waals surface area contributed by atoms with Crippen molar-refractivity contribution in [3.05, 3.63) is 51.7 Å². The molecule has 4 nitrogen and oxygen atoms in total. The minimum atomic E-state index is 0.138. The first-order valence-electron chi connectivity index (χ1n) is 9.30. The van der Waals surface area contributed by atoms with Gasteiger partial charge in [0.25, 0.3) is 5.91 Å². The Morgan fingerprint density at radius 3 is 2.73 bits per heavy atom. The van der Waals surface area contributed by atoms with Crippen molar-refractivity contribution in [1.29, 1.82) is 0 Å². The highest BCUT2D eigenvalue weighted by Gasteiger charge is 2.25. The van der Waals surface area contributed by atoms with Crippen LogP contribution in [0.3, 0.4) is 0 Å². The van der Waals surface area contributed by atoms with E-state index in [-0.39, 0.29) is 5.91 Å². The summed E-state index contributed by atoms with van der Waals surface area (Å²) in [6.45, 7) is 6.56. The fraction of sp³-hybridized carbons (Fsp3) is 0.476. The van der Waals surface area contributed by atoms with Gasteiger partial charge >= 0.3 is 0 Å². The van der Waals surface area contributed by atoms with E-state index in [4.69, 9.17) is 4.74 Å². The molecule has 2 heterocycles. The Hall–Kier alpha value is -1.85. The van der Waals surface area contributed by atoms with Crippen LogP contribution in [-0.2, 0) is 11.3 Å². The lowest BCUT2D eigenvalue weighted by Crippen LogP contribution is -2.44. The highest BCUT2D eigenvalue weighted by Crippen LogP contribution is 2.23. The number of hydrogen-bond donors (Lipinski definition) is 1.